The van der Waals surface area contributed by atoms with Gasteiger partial charge in [-0.25, -0.2) is 8.78 Å². The maximum Gasteiger partial charge on any atom is 0.273 e. The molecule has 4 N–H and O–H groups in total. The van der Waals surface area contributed by atoms with Gasteiger partial charge in [-0.05, 0) is 61.1 Å². The van der Waals surface area contributed by atoms with Gasteiger partial charge in [-0.3, -0.25) is 15.6 Å². The first-order valence-corrected chi connectivity index (χ1v) is 8.97. The van der Waals surface area contributed by atoms with Crippen molar-refractivity contribution < 1.29 is 18.7 Å². The summed E-state index contributed by atoms with van der Waals surface area (Å²) in [6.45, 7) is 1.96. The number of halogens is 2. The lowest BCUT2D eigenvalue weighted by molar-refractivity contribution is 0.0941. The molecular formula is C21H17F2N3O2S. The predicted octanol–water partition coefficient (Wildman–Crippen LogP) is 4.28. The molecule has 0 aliphatic heterocycles. The molecule has 148 valence electrons. The molecule has 1 amide bonds. The lowest BCUT2D eigenvalue weighted by atomic mass is 10.0. The number of aromatic hydroxyl groups is 1. The molecule has 0 heterocycles. The first kappa shape index (κ1) is 20.2. The molecule has 8 heteroatoms. The van der Waals surface area contributed by atoms with Crippen molar-refractivity contribution in [1.82, 2.24) is 10.9 Å². The van der Waals surface area contributed by atoms with E-state index in [0.717, 1.165) is 23.4 Å². The molecule has 0 fully saturated rings. The minimum absolute atomic E-state index is 0.100. The third-order valence-corrected chi connectivity index (χ3v) is 4.29. The topological polar surface area (TPSA) is 73.4 Å². The maximum atomic E-state index is 14.0. The highest BCUT2D eigenvalue weighted by atomic mass is 32.1. The average molecular weight is 413 g/mol. The van der Waals surface area contributed by atoms with Crippen molar-refractivity contribution in [2.24, 2.45) is 0 Å². The van der Waals surface area contributed by atoms with Gasteiger partial charge in [0.1, 0.15) is 17.4 Å². The molecule has 0 saturated carbocycles. The zero-order chi connectivity index (χ0) is 21.0. The van der Waals surface area contributed by atoms with E-state index >= 15 is 0 Å². The van der Waals surface area contributed by atoms with Crippen LogP contribution >= 0.6 is 12.2 Å². The minimum atomic E-state index is -0.774. The highest BCUT2D eigenvalue weighted by Gasteiger charge is 2.15. The smallest absolute Gasteiger partial charge is 0.273 e. The van der Waals surface area contributed by atoms with E-state index in [9.17, 15) is 18.7 Å². The molecule has 0 aromatic heterocycles. The molecule has 0 atom stereocenters. The fourth-order valence-electron chi connectivity index (χ4n) is 2.59. The summed E-state index contributed by atoms with van der Waals surface area (Å²) < 4.78 is 27.1. The van der Waals surface area contributed by atoms with Gasteiger partial charge < -0.3 is 10.4 Å². The zero-order valence-electron chi connectivity index (χ0n) is 15.3. The molecule has 0 unspecified atom stereocenters. The van der Waals surface area contributed by atoms with Crippen LogP contribution in [0.1, 0.15) is 15.9 Å². The second-order valence-corrected chi connectivity index (χ2v) is 6.66. The first-order chi connectivity index (χ1) is 13.8. The largest absolute Gasteiger partial charge is 0.507 e. The Hall–Kier alpha value is -3.52. The van der Waals surface area contributed by atoms with Crippen LogP contribution in [0.4, 0.5) is 14.5 Å². The van der Waals surface area contributed by atoms with Gasteiger partial charge in [-0.1, -0.05) is 23.8 Å². The Balaban J connectivity index is 1.70. The molecule has 0 saturated heterocycles. The summed E-state index contributed by atoms with van der Waals surface area (Å²) in [5, 5.41) is 13.0. The Bertz CT molecular complexity index is 1070. The third-order valence-electron chi connectivity index (χ3n) is 4.08. The van der Waals surface area contributed by atoms with Gasteiger partial charge in [0.25, 0.3) is 5.91 Å². The Morgan fingerprint density at radius 2 is 1.69 bits per heavy atom. The molecule has 3 aromatic carbocycles. The summed E-state index contributed by atoms with van der Waals surface area (Å²) in [6, 6.07) is 14.6. The number of benzene rings is 3. The standard InChI is InChI=1S/C21H17F2N3O2S/c1-12-2-6-15(7-3-12)24-21(29)26-25-20(28)17-10-13(4-9-19(17)27)16-8-5-14(22)11-18(16)23/h2-11,27H,1H3,(H,25,28)(H2,24,26,29). The molecular weight excluding hydrogens is 396 g/mol. The number of amides is 1. The molecule has 0 spiro atoms. The van der Waals surface area contributed by atoms with Gasteiger partial charge in [-0.15, -0.1) is 0 Å². The van der Waals surface area contributed by atoms with Gasteiger partial charge in [0.15, 0.2) is 5.11 Å². The third kappa shape index (κ3) is 5.05. The Kier molecular flexibility index (Phi) is 6.04. The minimum Gasteiger partial charge on any atom is -0.507 e. The Morgan fingerprint density at radius 1 is 0.966 bits per heavy atom. The van der Waals surface area contributed by atoms with Crippen LogP contribution in [0.5, 0.6) is 5.75 Å². The first-order valence-electron chi connectivity index (χ1n) is 8.56. The number of hydrogen-bond donors (Lipinski definition) is 4. The normalized spacial score (nSPS) is 10.3. The SMILES string of the molecule is Cc1ccc(NC(=S)NNC(=O)c2cc(-c3ccc(F)cc3F)ccc2O)cc1. The number of rotatable bonds is 3. The van der Waals surface area contributed by atoms with Crippen molar-refractivity contribution in [3.63, 3.8) is 0 Å². The average Bonchev–Trinajstić information content (AvgIpc) is 2.68. The summed E-state index contributed by atoms with van der Waals surface area (Å²) in [5.41, 5.74) is 7.04. The summed E-state index contributed by atoms with van der Waals surface area (Å²) >= 11 is 5.12. The number of nitrogens with one attached hydrogen (secondary N) is 3. The second kappa shape index (κ2) is 8.66. The number of anilines is 1. The van der Waals surface area contributed by atoms with Gasteiger partial charge in [0.05, 0.1) is 5.56 Å². The van der Waals surface area contributed by atoms with E-state index in [4.69, 9.17) is 12.2 Å². The number of phenols is 1. The fourth-order valence-corrected chi connectivity index (χ4v) is 2.76. The lowest BCUT2D eigenvalue weighted by Gasteiger charge is -2.13. The van der Waals surface area contributed by atoms with Crippen molar-refractivity contribution in [1.29, 1.82) is 0 Å². The molecule has 3 aromatic rings. The van der Waals surface area contributed by atoms with Crippen molar-refractivity contribution in [3.8, 4) is 16.9 Å². The second-order valence-electron chi connectivity index (χ2n) is 6.26. The molecule has 29 heavy (non-hydrogen) atoms. The van der Waals surface area contributed by atoms with E-state index in [1.54, 1.807) is 0 Å². The van der Waals surface area contributed by atoms with E-state index < -0.39 is 17.5 Å². The number of hydrazine groups is 1. The molecule has 3 rings (SSSR count). The summed E-state index contributed by atoms with van der Waals surface area (Å²) in [7, 11) is 0. The van der Waals surface area contributed by atoms with Crippen LogP contribution in [0.25, 0.3) is 11.1 Å². The molecule has 0 aliphatic rings. The van der Waals surface area contributed by atoms with Crippen LogP contribution in [0.3, 0.4) is 0 Å². The van der Waals surface area contributed by atoms with Crippen LogP contribution in [0.2, 0.25) is 0 Å². The lowest BCUT2D eigenvalue weighted by Crippen LogP contribution is -2.43. The van der Waals surface area contributed by atoms with Crippen molar-refractivity contribution in [3.05, 3.63) is 83.4 Å². The van der Waals surface area contributed by atoms with Crippen LogP contribution in [-0.2, 0) is 0 Å². The van der Waals surface area contributed by atoms with Crippen molar-refractivity contribution >= 4 is 28.9 Å². The van der Waals surface area contributed by atoms with Crippen LogP contribution in [0, 0.1) is 18.6 Å². The molecule has 0 aliphatic carbocycles. The number of carbonyl (C=O) groups excluding carboxylic acids is 1. The van der Waals surface area contributed by atoms with Crippen LogP contribution < -0.4 is 16.2 Å². The Morgan fingerprint density at radius 3 is 2.38 bits per heavy atom. The van der Waals surface area contributed by atoms with Crippen molar-refractivity contribution in [2.75, 3.05) is 5.32 Å². The number of aryl methyl sites for hydroxylation is 1. The van der Waals surface area contributed by atoms with Gasteiger partial charge in [-0.2, -0.15) is 0 Å². The highest BCUT2D eigenvalue weighted by Crippen LogP contribution is 2.28. The quantitative estimate of drug-likeness (QED) is 0.381. The van der Waals surface area contributed by atoms with Crippen molar-refractivity contribution in [2.45, 2.75) is 6.92 Å². The summed E-state index contributed by atoms with van der Waals surface area (Å²) in [4.78, 5) is 12.4. The van der Waals surface area contributed by atoms with E-state index in [-0.39, 0.29) is 22.0 Å². The monoisotopic (exact) mass is 413 g/mol. The van der Waals surface area contributed by atoms with E-state index in [0.29, 0.717) is 5.56 Å². The Labute approximate surface area is 171 Å². The van der Waals surface area contributed by atoms with Gasteiger partial charge in [0, 0.05) is 17.3 Å². The van der Waals surface area contributed by atoms with E-state index in [1.165, 1.54) is 24.3 Å². The van der Waals surface area contributed by atoms with E-state index in [2.05, 4.69) is 16.2 Å². The summed E-state index contributed by atoms with van der Waals surface area (Å²) in [5.74, 6) is -2.46. The summed E-state index contributed by atoms with van der Waals surface area (Å²) in [6.07, 6.45) is 0. The number of hydrogen-bond acceptors (Lipinski definition) is 3. The fraction of sp³-hybridized carbons (Fsp3) is 0.0476. The van der Waals surface area contributed by atoms with Crippen LogP contribution in [-0.4, -0.2) is 16.1 Å². The zero-order valence-corrected chi connectivity index (χ0v) is 16.1. The predicted molar refractivity (Wildman–Crippen MR) is 111 cm³/mol. The number of thiocarbonyl (C=S) groups is 1. The van der Waals surface area contributed by atoms with Gasteiger partial charge >= 0.3 is 0 Å². The molecule has 0 bridgehead atoms. The highest BCUT2D eigenvalue weighted by molar-refractivity contribution is 7.80. The molecule has 5 nitrogen and oxygen atoms in total. The number of phenolic OH excluding ortho intramolecular Hbond substituents is 1. The molecule has 0 radical (unpaired) electrons. The van der Waals surface area contributed by atoms with E-state index in [1.807, 2.05) is 31.2 Å². The van der Waals surface area contributed by atoms with Gasteiger partial charge in [0.2, 0.25) is 0 Å². The maximum absolute atomic E-state index is 14.0. The van der Waals surface area contributed by atoms with Crippen LogP contribution in [0.15, 0.2) is 60.7 Å². The number of carbonyl (C=O) groups is 1.